The Hall–Kier alpha value is -1.55. The number of nitrogen functional groups attached to an aromatic ring is 1. The van der Waals surface area contributed by atoms with Crippen LogP contribution in [0.25, 0.3) is 0 Å². The van der Waals surface area contributed by atoms with Gasteiger partial charge in [0.15, 0.2) is 0 Å². The van der Waals surface area contributed by atoms with Gasteiger partial charge in [0, 0.05) is 18.5 Å². The Labute approximate surface area is 94.0 Å². The van der Waals surface area contributed by atoms with Gasteiger partial charge < -0.3 is 5.73 Å². The third-order valence-corrected chi connectivity index (χ3v) is 2.15. The van der Waals surface area contributed by atoms with Crippen LogP contribution in [0, 0.1) is 0 Å². The highest BCUT2D eigenvalue weighted by atomic mass is 35.5. The van der Waals surface area contributed by atoms with Gasteiger partial charge in [0.2, 0.25) is 5.91 Å². The molecular formula is C10H12ClN3O. The van der Waals surface area contributed by atoms with Crippen molar-refractivity contribution < 1.29 is 4.79 Å². The molecule has 2 rings (SSSR count). The van der Waals surface area contributed by atoms with E-state index in [4.69, 9.17) is 5.73 Å². The topological polar surface area (TPSA) is 67.5 Å². The molecule has 0 radical (unpaired) electrons. The molecule has 1 amide bonds. The summed E-state index contributed by atoms with van der Waals surface area (Å²) in [5, 5.41) is 3.99. The van der Waals surface area contributed by atoms with Gasteiger partial charge in [0.1, 0.15) is 0 Å². The number of hydrazone groups is 1. The van der Waals surface area contributed by atoms with Crippen molar-refractivity contribution in [2.24, 2.45) is 5.10 Å². The van der Waals surface area contributed by atoms with E-state index in [1.807, 2.05) is 24.3 Å². The van der Waals surface area contributed by atoms with Crippen molar-refractivity contribution in [3.8, 4) is 0 Å². The van der Waals surface area contributed by atoms with Crippen molar-refractivity contribution in [3.05, 3.63) is 29.8 Å². The number of carbonyl (C=O) groups is 1. The van der Waals surface area contributed by atoms with Gasteiger partial charge in [-0.1, -0.05) is 12.1 Å². The first-order valence-corrected chi connectivity index (χ1v) is 4.47. The molecule has 0 atom stereocenters. The Morgan fingerprint density at radius 3 is 2.40 bits per heavy atom. The lowest BCUT2D eigenvalue weighted by Gasteiger charge is -2.11. The number of nitrogens with two attached hydrogens (primary N) is 1. The second kappa shape index (κ2) is 4.79. The summed E-state index contributed by atoms with van der Waals surface area (Å²) < 4.78 is 0. The van der Waals surface area contributed by atoms with Crippen LogP contribution in [0.3, 0.4) is 0 Å². The maximum atomic E-state index is 10.9. The highest BCUT2D eigenvalue weighted by Crippen LogP contribution is 2.11. The molecule has 1 aliphatic rings. The summed E-state index contributed by atoms with van der Waals surface area (Å²) in [5.41, 5.74) is 10.7. The Bertz CT molecular complexity index is 386. The number of anilines is 1. The number of carbonyl (C=O) groups excluding carboxylic acids is 1. The van der Waals surface area contributed by atoms with Gasteiger partial charge in [-0.3, -0.25) is 4.79 Å². The second-order valence-corrected chi connectivity index (χ2v) is 3.22. The van der Waals surface area contributed by atoms with E-state index in [9.17, 15) is 4.79 Å². The monoisotopic (exact) mass is 225 g/mol. The van der Waals surface area contributed by atoms with Gasteiger partial charge in [-0.05, 0) is 17.7 Å². The predicted molar refractivity (Wildman–Crippen MR) is 62.0 cm³/mol. The zero-order chi connectivity index (χ0) is 9.97. The molecule has 0 aliphatic carbocycles. The zero-order valence-electron chi connectivity index (χ0n) is 8.06. The smallest absolute Gasteiger partial charge is 0.240 e. The molecule has 15 heavy (non-hydrogen) atoms. The van der Waals surface area contributed by atoms with Crippen LogP contribution < -0.4 is 11.2 Å². The molecule has 5 heteroatoms. The summed E-state index contributed by atoms with van der Waals surface area (Å²) >= 11 is 0. The van der Waals surface area contributed by atoms with Gasteiger partial charge >= 0.3 is 0 Å². The minimum Gasteiger partial charge on any atom is -0.399 e. The highest BCUT2D eigenvalue weighted by Gasteiger charge is 2.12. The molecular weight excluding hydrogens is 214 g/mol. The Kier molecular flexibility index (Phi) is 3.68. The summed E-state index contributed by atoms with van der Waals surface area (Å²) in [7, 11) is 0. The van der Waals surface area contributed by atoms with Crippen LogP contribution in [-0.4, -0.2) is 11.6 Å². The van der Waals surface area contributed by atoms with Crippen molar-refractivity contribution >= 4 is 29.7 Å². The lowest BCUT2D eigenvalue weighted by atomic mass is 10.0. The van der Waals surface area contributed by atoms with Crippen LogP contribution >= 0.6 is 12.4 Å². The van der Waals surface area contributed by atoms with E-state index in [0.717, 1.165) is 17.0 Å². The molecule has 0 spiro atoms. The first-order chi connectivity index (χ1) is 6.75. The summed E-state index contributed by atoms with van der Waals surface area (Å²) in [5.74, 6) is -0.0239. The summed E-state index contributed by atoms with van der Waals surface area (Å²) in [6.45, 7) is 0. The van der Waals surface area contributed by atoms with Crippen LogP contribution in [0.4, 0.5) is 5.69 Å². The number of hydrogen-bond donors (Lipinski definition) is 2. The van der Waals surface area contributed by atoms with E-state index < -0.39 is 0 Å². The minimum absolute atomic E-state index is 0. The van der Waals surface area contributed by atoms with E-state index in [1.165, 1.54) is 0 Å². The third kappa shape index (κ3) is 2.70. The van der Waals surface area contributed by atoms with Gasteiger partial charge in [0.05, 0.1) is 5.71 Å². The van der Waals surface area contributed by atoms with Gasteiger partial charge in [0.25, 0.3) is 0 Å². The Morgan fingerprint density at radius 1 is 1.20 bits per heavy atom. The molecule has 0 fully saturated rings. The zero-order valence-corrected chi connectivity index (χ0v) is 8.88. The lowest BCUT2D eigenvalue weighted by Crippen LogP contribution is -2.25. The molecule has 0 saturated carbocycles. The fraction of sp³-hybridized carbons (Fsp3) is 0.200. The fourth-order valence-corrected chi connectivity index (χ4v) is 1.36. The van der Waals surface area contributed by atoms with Gasteiger partial charge in [-0.2, -0.15) is 5.10 Å². The number of halogens is 1. The predicted octanol–water partition coefficient (Wildman–Crippen LogP) is 1.30. The fourth-order valence-electron chi connectivity index (χ4n) is 1.36. The number of benzene rings is 1. The highest BCUT2D eigenvalue weighted by molar-refractivity contribution is 6.04. The van der Waals surface area contributed by atoms with Crippen LogP contribution in [0.1, 0.15) is 18.4 Å². The molecule has 80 valence electrons. The van der Waals surface area contributed by atoms with E-state index in [0.29, 0.717) is 12.8 Å². The molecule has 4 nitrogen and oxygen atoms in total. The number of nitrogens with one attached hydrogen (secondary N) is 1. The van der Waals surface area contributed by atoms with Crippen LogP contribution in [0.15, 0.2) is 29.4 Å². The minimum atomic E-state index is -0.0239. The van der Waals surface area contributed by atoms with E-state index >= 15 is 0 Å². The average Bonchev–Trinajstić information content (AvgIpc) is 2.21. The maximum absolute atomic E-state index is 10.9. The standard InChI is InChI=1S/C10H11N3O.ClH/c11-8-3-1-7(2-4-8)9-5-6-10(14)13-12-9;/h1-4H,5-6,11H2,(H,13,14);1H. The molecule has 1 aliphatic heterocycles. The number of rotatable bonds is 1. The van der Waals surface area contributed by atoms with Crippen molar-refractivity contribution in [1.29, 1.82) is 0 Å². The summed E-state index contributed by atoms with van der Waals surface area (Å²) in [6.07, 6.45) is 1.19. The molecule has 1 aromatic carbocycles. The maximum Gasteiger partial charge on any atom is 0.240 e. The first-order valence-electron chi connectivity index (χ1n) is 4.47. The quantitative estimate of drug-likeness (QED) is 0.708. The van der Waals surface area contributed by atoms with Crippen molar-refractivity contribution in [2.75, 3.05) is 5.73 Å². The molecule has 0 unspecified atom stereocenters. The Morgan fingerprint density at radius 2 is 1.87 bits per heavy atom. The number of amides is 1. The van der Waals surface area contributed by atoms with Crippen LogP contribution in [0.5, 0.6) is 0 Å². The Balaban J connectivity index is 0.00000112. The molecule has 0 aromatic heterocycles. The van der Waals surface area contributed by atoms with Crippen LogP contribution in [-0.2, 0) is 4.79 Å². The SMILES string of the molecule is Cl.Nc1ccc(C2=NNC(=O)CC2)cc1. The molecule has 0 bridgehead atoms. The van der Waals surface area contributed by atoms with Gasteiger partial charge in [-0.25, -0.2) is 5.43 Å². The molecule has 0 saturated heterocycles. The first kappa shape index (κ1) is 11.5. The van der Waals surface area contributed by atoms with Crippen LogP contribution in [0.2, 0.25) is 0 Å². The average molecular weight is 226 g/mol. The number of hydrogen-bond acceptors (Lipinski definition) is 3. The summed E-state index contributed by atoms with van der Waals surface area (Å²) in [4.78, 5) is 10.9. The van der Waals surface area contributed by atoms with E-state index in [2.05, 4.69) is 10.5 Å². The largest absolute Gasteiger partial charge is 0.399 e. The van der Waals surface area contributed by atoms with Crippen molar-refractivity contribution in [3.63, 3.8) is 0 Å². The van der Waals surface area contributed by atoms with Crippen molar-refractivity contribution in [2.45, 2.75) is 12.8 Å². The van der Waals surface area contributed by atoms with Crippen molar-refractivity contribution in [1.82, 2.24) is 5.43 Å². The molecule has 1 aromatic rings. The third-order valence-electron chi connectivity index (χ3n) is 2.15. The van der Waals surface area contributed by atoms with E-state index in [-0.39, 0.29) is 18.3 Å². The molecule has 3 N–H and O–H groups in total. The van der Waals surface area contributed by atoms with Gasteiger partial charge in [-0.15, -0.1) is 12.4 Å². The lowest BCUT2D eigenvalue weighted by molar-refractivity contribution is -0.121. The normalized spacial score (nSPS) is 14.9. The second-order valence-electron chi connectivity index (χ2n) is 3.22. The molecule has 1 heterocycles. The number of nitrogens with zero attached hydrogens (tertiary/aromatic N) is 1. The van der Waals surface area contributed by atoms with E-state index in [1.54, 1.807) is 0 Å². The summed E-state index contributed by atoms with van der Waals surface area (Å²) in [6, 6.07) is 7.47.